The predicted molar refractivity (Wildman–Crippen MR) is 137 cm³/mol. The molecule has 0 aliphatic rings. The van der Waals surface area contributed by atoms with E-state index in [9.17, 15) is 18.0 Å². The van der Waals surface area contributed by atoms with Gasteiger partial charge in [-0.1, -0.05) is 54.4 Å². The first-order valence-electron chi connectivity index (χ1n) is 11.7. The highest BCUT2D eigenvalue weighted by molar-refractivity contribution is 7.92. The Labute approximate surface area is 204 Å². The Morgan fingerprint density at radius 1 is 0.971 bits per heavy atom. The van der Waals surface area contributed by atoms with Crippen molar-refractivity contribution in [2.24, 2.45) is 0 Å². The van der Waals surface area contributed by atoms with Crippen LogP contribution in [-0.2, 0) is 26.2 Å². The third-order valence-corrected chi connectivity index (χ3v) is 6.86. The standard InChI is InChI=1S/C26H37N3O4S/c1-6-17-27-26(31)22(4)28(19-23-13-9-20(2)10-14-23)25(30)8-7-18-29(34(5,32)33)24-15-11-21(3)12-16-24/h9-16,22H,6-8,17-19H2,1-5H3,(H,27,31)/t22-/m1/s1. The lowest BCUT2D eigenvalue weighted by molar-refractivity contribution is -0.140. The molecule has 2 aromatic carbocycles. The summed E-state index contributed by atoms with van der Waals surface area (Å²) in [5.74, 6) is -0.378. The Kier molecular flexibility index (Phi) is 10.1. The van der Waals surface area contributed by atoms with E-state index in [1.54, 1.807) is 24.0 Å². The molecular weight excluding hydrogens is 450 g/mol. The minimum absolute atomic E-state index is 0.134. The summed E-state index contributed by atoms with van der Waals surface area (Å²) in [6.07, 6.45) is 2.45. The number of hydrogen-bond donors (Lipinski definition) is 1. The average Bonchev–Trinajstić information content (AvgIpc) is 2.79. The summed E-state index contributed by atoms with van der Waals surface area (Å²) in [4.78, 5) is 27.4. The topological polar surface area (TPSA) is 86.8 Å². The highest BCUT2D eigenvalue weighted by atomic mass is 32.2. The van der Waals surface area contributed by atoms with E-state index in [1.165, 1.54) is 10.6 Å². The SMILES string of the molecule is CCCNC(=O)[C@@H](C)N(Cc1ccc(C)cc1)C(=O)CCCN(c1ccc(C)cc1)S(C)(=O)=O. The van der Waals surface area contributed by atoms with Crippen LogP contribution < -0.4 is 9.62 Å². The fourth-order valence-electron chi connectivity index (χ4n) is 3.58. The van der Waals surface area contributed by atoms with Crippen LogP contribution in [0.15, 0.2) is 48.5 Å². The van der Waals surface area contributed by atoms with Crippen LogP contribution in [0.3, 0.4) is 0 Å². The van der Waals surface area contributed by atoms with Gasteiger partial charge in [-0.15, -0.1) is 0 Å². The molecule has 2 amide bonds. The van der Waals surface area contributed by atoms with Gasteiger partial charge in [-0.05, 0) is 51.3 Å². The minimum atomic E-state index is -3.50. The number of nitrogens with one attached hydrogen (secondary N) is 1. The molecule has 2 rings (SSSR count). The molecule has 0 heterocycles. The second-order valence-corrected chi connectivity index (χ2v) is 10.7. The fraction of sp³-hybridized carbons (Fsp3) is 0.462. The van der Waals surface area contributed by atoms with Crippen LogP contribution in [0.4, 0.5) is 5.69 Å². The van der Waals surface area contributed by atoms with Gasteiger partial charge < -0.3 is 10.2 Å². The Morgan fingerprint density at radius 3 is 2.06 bits per heavy atom. The molecule has 7 nitrogen and oxygen atoms in total. The van der Waals surface area contributed by atoms with Gasteiger partial charge in [0.1, 0.15) is 6.04 Å². The third kappa shape index (κ3) is 8.17. The van der Waals surface area contributed by atoms with E-state index >= 15 is 0 Å². The van der Waals surface area contributed by atoms with Crippen molar-refractivity contribution < 1.29 is 18.0 Å². The summed E-state index contributed by atoms with van der Waals surface area (Å²) in [6, 6.07) is 14.5. The van der Waals surface area contributed by atoms with E-state index in [-0.39, 0.29) is 24.8 Å². The van der Waals surface area contributed by atoms with E-state index < -0.39 is 16.1 Å². The quantitative estimate of drug-likeness (QED) is 0.493. The van der Waals surface area contributed by atoms with Crippen LogP contribution in [-0.4, -0.2) is 50.5 Å². The van der Waals surface area contributed by atoms with Crippen molar-refractivity contribution in [2.45, 2.75) is 59.5 Å². The number of rotatable bonds is 12. The zero-order chi connectivity index (χ0) is 25.3. The fourth-order valence-corrected chi connectivity index (χ4v) is 4.55. The van der Waals surface area contributed by atoms with Gasteiger partial charge in [0, 0.05) is 26.1 Å². The van der Waals surface area contributed by atoms with Crippen molar-refractivity contribution in [3.63, 3.8) is 0 Å². The monoisotopic (exact) mass is 487 g/mol. The first-order valence-corrected chi connectivity index (χ1v) is 13.5. The van der Waals surface area contributed by atoms with Crippen molar-refractivity contribution in [3.8, 4) is 0 Å². The van der Waals surface area contributed by atoms with E-state index in [0.29, 0.717) is 25.2 Å². The van der Waals surface area contributed by atoms with Gasteiger partial charge in [-0.2, -0.15) is 0 Å². The molecule has 186 valence electrons. The lowest BCUT2D eigenvalue weighted by Crippen LogP contribution is -2.47. The summed E-state index contributed by atoms with van der Waals surface area (Å²) >= 11 is 0. The molecule has 2 aromatic rings. The van der Waals surface area contributed by atoms with Crippen molar-refractivity contribution in [2.75, 3.05) is 23.7 Å². The second-order valence-electron chi connectivity index (χ2n) is 8.75. The maximum Gasteiger partial charge on any atom is 0.242 e. The van der Waals surface area contributed by atoms with Gasteiger partial charge in [0.05, 0.1) is 11.9 Å². The molecule has 34 heavy (non-hydrogen) atoms. The van der Waals surface area contributed by atoms with Crippen molar-refractivity contribution in [1.29, 1.82) is 0 Å². The first kappa shape index (κ1) is 27.4. The number of hydrogen-bond acceptors (Lipinski definition) is 4. The molecule has 1 N–H and O–H groups in total. The van der Waals surface area contributed by atoms with Crippen LogP contribution >= 0.6 is 0 Å². The number of benzene rings is 2. The predicted octanol–water partition coefficient (Wildman–Crippen LogP) is 3.79. The first-order chi connectivity index (χ1) is 16.0. The summed E-state index contributed by atoms with van der Waals surface area (Å²) < 4.78 is 26.1. The molecule has 0 bridgehead atoms. The molecule has 0 fully saturated rings. The van der Waals surface area contributed by atoms with Crippen LogP contribution in [0.5, 0.6) is 0 Å². The third-order valence-electron chi connectivity index (χ3n) is 5.66. The number of aryl methyl sites for hydroxylation is 2. The molecule has 0 saturated heterocycles. The van der Waals surface area contributed by atoms with Gasteiger partial charge in [0.25, 0.3) is 0 Å². The highest BCUT2D eigenvalue weighted by Gasteiger charge is 2.26. The molecular formula is C26H37N3O4S. The minimum Gasteiger partial charge on any atom is -0.354 e. The lowest BCUT2D eigenvalue weighted by atomic mass is 10.1. The van der Waals surface area contributed by atoms with Gasteiger partial charge in [-0.25, -0.2) is 8.42 Å². The molecule has 0 aromatic heterocycles. The molecule has 0 saturated carbocycles. The van der Waals surface area contributed by atoms with E-state index in [4.69, 9.17) is 0 Å². The summed E-state index contributed by atoms with van der Waals surface area (Å²) in [6.45, 7) is 8.68. The van der Waals surface area contributed by atoms with E-state index in [2.05, 4.69) is 5.32 Å². The summed E-state index contributed by atoms with van der Waals surface area (Å²) in [5, 5.41) is 2.86. The Bertz CT molecular complexity index is 1050. The summed E-state index contributed by atoms with van der Waals surface area (Å²) in [7, 11) is -3.50. The van der Waals surface area contributed by atoms with Gasteiger partial charge >= 0.3 is 0 Å². The molecule has 0 spiro atoms. The van der Waals surface area contributed by atoms with Crippen LogP contribution in [0, 0.1) is 13.8 Å². The molecule has 0 aliphatic carbocycles. The number of nitrogens with zero attached hydrogens (tertiary/aromatic N) is 2. The van der Waals surface area contributed by atoms with Gasteiger partial charge in [-0.3, -0.25) is 13.9 Å². The Balaban J connectivity index is 2.13. The maximum atomic E-state index is 13.2. The number of carbonyl (C=O) groups is 2. The molecule has 0 radical (unpaired) electrons. The molecule has 0 aliphatic heterocycles. The van der Waals surface area contributed by atoms with Crippen molar-refractivity contribution in [3.05, 3.63) is 65.2 Å². The van der Waals surface area contributed by atoms with E-state index in [0.717, 1.165) is 23.1 Å². The number of anilines is 1. The molecule has 8 heteroatoms. The number of amides is 2. The Hall–Kier alpha value is -2.87. The van der Waals surface area contributed by atoms with Crippen LogP contribution in [0.1, 0.15) is 49.8 Å². The lowest BCUT2D eigenvalue weighted by Gasteiger charge is -2.29. The average molecular weight is 488 g/mol. The number of carbonyl (C=O) groups excluding carboxylic acids is 2. The zero-order valence-corrected chi connectivity index (χ0v) is 21.7. The van der Waals surface area contributed by atoms with E-state index in [1.807, 2.05) is 57.2 Å². The van der Waals surface area contributed by atoms with Crippen LogP contribution in [0.2, 0.25) is 0 Å². The van der Waals surface area contributed by atoms with Crippen LogP contribution in [0.25, 0.3) is 0 Å². The largest absolute Gasteiger partial charge is 0.354 e. The molecule has 1 atom stereocenters. The smallest absolute Gasteiger partial charge is 0.242 e. The van der Waals surface area contributed by atoms with Crippen molar-refractivity contribution >= 4 is 27.5 Å². The van der Waals surface area contributed by atoms with Crippen molar-refractivity contribution in [1.82, 2.24) is 10.2 Å². The normalized spacial score (nSPS) is 12.1. The Morgan fingerprint density at radius 2 is 1.53 bits per heavy atom. The summed E-state index contributed by atoms with van der Waals surface area (Å²) in [5.41, 5.74) is 3.66. The number of sulfonamides is 1. The maximum absolute atomic E-state index is 13.2. The second kappa shape index (κ2) is 12.6. The van der Waals surface area contributed by atoms with Gasteiger partial charge in [0.15, 0.2) is 0 Å². The molecule has 0 unspecified atom stereocenters. The zero-order valence-electron chi connectivity index (χ0n) is 20.9. The van der Waals surface area contributed by atoms with Gasteiger partial charge in [0.2, 0.25) is 21.8 Å². The highest BCUT2D eigenvalue weighted by Crippen LogP contribution is 2.20.